The molecule has 0 saturated carbocycles. The molecule has 0 saturated heterocycles. The Morgan fingerprint density at radius 2 is 2.16 bits per heavy atom. The van der Waals surface area contributed by atoms with Crippen molar-refractivity contribution in [2.45, 2.75) is 6.54 Å². The Morgan fingerprint density at radius 1 is 1.36 bits per heavy atom. The number of carbonyl (C=O) groups is 1. The van der Waals surface area contributed by atoms with Crippen LogP contribution in [0.25, 0.3) is 17.0 Å². The largest absolute Gasteiger partial charge is 0.384 e. The van der Waals surface area contributed by atoms with Gasteiger partial charge in [-0.3, -0.25) is 4.79 Å². The molecule has 2 heterocycles. The topological polar surface area (TPSA) is 64.2 Å². The predicted molar refractivity (Wildman–Crippen MR) is 97.0 cm³/mol. The first kappa shape index (κ1) is 16.7. The van der Waals surface area contributed by atoms with Crippen molar-refractivity contribution in [1.82, 2.24) is 14.5 Å². The molecule has 0 bridgehead atoms. The fourth-order valence-corrected chi connectivity index (χ4v) is 2.77. The summed E-state index contributed by atoms with van der Waals surface area (Å²) in [4.78, 5) is 17.9. The highest BCUT2D eigenvalue weighted by atomic mass is 19.1. The molecule has 1 amide bonds. The smallest absolute Gasteiger partial charge is 0.246 e. The molecule has 6 heteroatoms. The molecule has 3 rings (SSSR count). The maximum Gasteiger partial charge on any atom is 0.246 e. The van der Waals surface area contributed by atoms with Crippen LogP contribution in [-0.2, 0) is 18.4 Å². The van der Waals surface area contributed by atoms with Gasteiger partial charge in [0.2, 0.25) is 5.91 Å². The number of rotatable bonds is 4. The number of aromatic nitrogens is 2. The second-order valence-electron chi connectivity index (χ2n) is 5.95. The second-order valence-corrected chi connectivity index (χ2v) is 5.95. The molecule has 2 aromatic heterocycles. The predicted octanol–water partition coefficient (Wildman–Crippen LogP) is 2.97. The number of nitrogen functional groups attached to an aromatic ring is 1. The number of nitrogens with two attached hydrogens (primary N) is 1. The first-order valence-corrected chi connectivity index (χ1v) is 7.83. The highest BCUT2D eigenvalue weighted by Gasteiger charge is 2.13. The molecule has 2 N–H and O–H groups in total. The van der Waals surface area contributed by atoms with Gasteiger partial charge in [-0.1, -0.05) is 12.1 Å². The highest BCUT2D eigenvalue weighted by molar-refractivity contribution is 5.92. The third kappa shape index (κ3) is 3.52. The van der Waals surface area contributed by atoms with Crippen LogP contribution in [0.4, 0.5) is 10.2 Å². The lowest BCUT2D eigenvalue weighted by atomic mass is 10.1. The van der Waals surface area contributed by atoms with E-state index < -0.39 is 0 Å². The number of aryl methyl sites for hydroxylation is 1. The molecule has 5 nitrogen and oxygen atoms in total. The van der Waals surface area contributed by atoms with Gasteiger partial charge in [-0.25, -0.2) is 9.37 Å². The number of fused-ring (bicyclic) bond motifs is 1. The van der Waals surface area contributed by atoms with Crippen LogP contribution in [0, 0.1) is 5.82 Å². The van der Waals surface area contributed by atoms with E-state index in [2.05, 4.69) is 4.98 Å². The Balaban J connectivity index is 1.76. The number of amides is 1. The van der Waals surface area contributed by atoms with Crippen LogP contribution in [0.1, 0.15) is 11.1 Å². The number of pyridine rings is 1. The lowest BCUT2D eigenvalue weighted by Gasteiger charge is -2.14. The van der Waals surface area contributed by atoms with Crippen molar-refractivity contribution in [2.24, 2.45) is 7.05 Å². The summed E-state index contributed by atoms with van der Waals surface area (Å²) in [6, 6.07) is 8.45. The molecule has 0 spiro atoms. The van der Waals surface area contributed by atoms with E-state index in [-0.39, 0.29) is 11.7 Å². The standard InChI is InChI=1S/C19H19FN4O/c1-23(18(25)9-7-13-6-8-17(21)22-10-13)11-14-12-24(2)19-15(14)4-3-5-16(19)20/h3-10,12H,11H2,1-2H3,(H2,21,22)/b9-7+. The van der Waals surface area contributed by atoms with Gasteiger partial charge >= 0.3 is 0 Å². The minimum atomic E-state index is -0.268. The van der Waals surface area contributed by atoms with Gasteiger partial charge in [0.25, 0.3) is 0 Å². The van der Waals surface area contributed by atoms with Crippen LogP contribution in [-0.4, -0.2) is 27.4 Å². The lowest BCUT2D eigenvalue weighted by molar-refractivity contribution is -0.125. The SMILES string of the molecule is CN(Cc1cn(C)c2c(F)cccc12)C(=O)/C=C/c1ccc(N)nc1. The molecule has 0 fully saturated rings. The second kappa shape index (κ2) is 6.76. The van der Waals surface area contributed by atoms with Gasteiger partial charge in [0, 0.05) is 44.5 Å². The molecular weight excluding hydrogens is 319 g/mol. The van der Waals surface area contributed by atoms with Crippen LogP contribution >= 0.6 is 0 Å². The monoisotopic (exact) mass is 338 g/mol. The average molecular weight is 338 g/mol. The van der Waals surface area contributed by atoms with Crippen LogP contribution in [0.2, 0.25) is 0 Å². The van der Waals surface area contributed by atoms with E-state index in [9.17, 15) is 9.18 Å². The zero-order valence-electron chi connectivity index (χ0n) is 14.1. The third-order valence-corrected chi connectivity index (χ3v) is 4.05. The van der Waals surface area contributed by atoms with Crippen LogP contribution in [0.15, 0.2) is 48.8 Å². The van der Waals surface area contributed by atoms with Crippen molar-refractivity contribution in [3.63, 3.8) is 0 Å². The maximum atomic E-state index is 14.0. The normalized spacial score (nSPS) is 11.3. The Hall–Kier alpha value is -3.15. The summed E-state index contributed by atoms with van der Waals surface area (Å²) < 4.78 is 15.7. The zero-order valence-corrected chi connectivity index (χ0v) is 14.1. The number of likely N-dealkylation sites (N-methyl/N-ethyl adjacent to an activating group) is 1. The summed E-state index contributed by atoms with van der Waals surface area (Å²) >= 11 is 0. The Labute approximate surface area is 145 Å². The van der Waals surface area contributed by atoms with Gasteiger partial charge < -0.3 is 15.2 Å². The minimum absolute atomic E-state index is 0.148. The molecule has 1 aromatic carbocycles. The maximum absolute atomic E-state index is 14.0. The average Bonchev–Trinajstić information content (AvgIpc) is 2.91. The number of anilines is 1. The van der Waals surface area contributed by atoms with Crippen molar-refractivity contribution < 1.29 is 9.18 Å². The zero-order chi connectivity index (χ0) is 18.0. The lowest BCUT2D eigenvalue weighted by Crippen LogP contribution is -2.24. The molecule has 0 radical (unpaired) electrons. The molecule has 0 aliphatic heterocycles. The molecule has 3 aromatic rings. The summed E-state index contributed by atoms with van der Waals surface area (Å²) in [7, 11) is 3.51. The van der Waals surface area contributed by atoms with E-state index in [4.69, 9.17) is 5.73 Å². The quantitative estimate of drug-likeness (QED) is 0.744. The van der Waals surface area contributed by atoms with Crippen molar-refractivity contribution >= 4 is 28.7 Å². The highest BCUT2D eigenvalue weighted by Crippen LogP contribution is 2.24. The van der Waals surface area contributed by atoms with Crippen molar-refractivity contribution in [3.05, 3.63) is 65.7 Å². The number of nitrogens with zero attached hydrogens (tertiary/aromatic N) is 3. The molecule has 0 atom stereocenters. The number of para-hydroxylation sites is 1. The third-order valence-electron chi connectivity index (χ3n) is 4.05. The van der Waals surface area contributed by atoms with E-state index in [1.54, 1.807) is 54.0 Å². The number of hydrogen-bond donors (Lipinski definition) is 1. The Morgan fingerprint density at radius 3 is 2.88 bits per heavy atom. The van der Waals surface area contributed by atoms with Gasteiger partial charge in [0.15, 0.2) is 0 Å². The summed E-state index contributed by atoms with van der Waals surface area (Å²) in [5, 5.41) is 0.814. The Bertz CT molecular complexity index is 944. The number of benzene rings is 1. The van der Waals surface area contributed by atoms with E-state index >= 15 is 0 Å². The number of carbonyl (C=O) groups excluding carboxylic acids is 1. The van der Waals surface area contributed by atoms with Crippen molar-refractivity contribution in [2.75, 3.05) is 12.8 Å². The summed E-state index contributed by atoms with van der Waals surface area (Å²) in [5.74, 6) is 0.0185. The molecule has 25 heavy (non-hydrogen) atoms. The minimum Gasteiger partial charge on any atom is -0.384 e. The first-order chi connectivity index (χ1) is 12.0. The van der Waals surface area contributed by atoms with Gasteiger partial charge in [0.05, 0.1) is 5.52 Å². The molecule has 0 aliphatic rings. The van der Waals surface area contributed by atoms with Gasteiger partial charge in [-0.2, -0.15) is 0 Å². The molecule has 0 aliphatic carbocycles. The molecule has 0 unspecified atom stereocenters. The summed E-state index contributed by atoms with van der Waals surface area (Å²) in [6.45, 7) is 0.393. The molecule has 128 valence electrons. The van der Waals surface area contributed by atoms with E-state index in [0.717, 1.165) is 16.5 Å². The summed E-state index contributed by atoms with van der Waals surface area (Å²) in [5.41, 5.74) is 7.77. The van der Waals surface area contributed by atoms with Crippen LogP contribution in [0.3, 0.4) is 0 Å². The fourth-order valence-electron chi connectivity index (χ4n) is 2.77. The van der Waals surface area contributed by atoms with Gasteiger partial charge in [-0.15, -0.1) is 0 Å². The van der Waals surface area contributed by atoms with Gasteiger partial charge in [-0.05, 0) is 35.4 Å². The molecular formula is C19H19FN4O. The fraction of sp³-hybridized carbons (Fsp3) is 0.158. The number of halogens is 1. The van der Waals surface area contributed by atoms with E-state index in [1.165, 1.54) is 12.1 Å². The van der Waals surface area contributed by atoms with Crippen molar-refractivity contribution in [3.8, 4) is 0 Å². The van der Waals surface area contributed by atoms with E-state index in [0.29, 0.717) is 17.9 Å². The number of hydrogen-bond acceptors (Lipinski definition) is 3. The van der Waals surface area contributed by atoms with Crippen LogP contribution in [0.5, 0.6) is 0 Å². The van der Waals surface area contributed by atoms with Gasteiger partial charge in [0.1, 0.15) is 11.6 Å². The summed E-state index contributed by atoms with van der Waals surface area (Å²) in [6.07, 6.45) is 6.63. The van der Waals surface area contributed by atoms with Crippen molar-refractivity contribution in [1.29, 1.82) is 0 Å². The van der Waals surface area contributed by atoms with E-state index in [1.807, 2.05) is 12.3 Å². The van der Waals surface area contributed by atoms with Crippen LogP contribution < -0.4 is 5.73 Å². The Kier molecular flexibility index (Phi) is 4.52. The first-order valence-electron chi connectivity index (χ1n) is 7.83.